The van der Waals surface area contributed by atoms with Crippen LogP contribution in [0, 0.1) is 0 Å². The van der Waals surface area contributed by atoms with E-state index in [-0.39, 0.29) is 0 Å². The minimum Gasteiger partial charge on any atom is -0.394 e. The molecule has 31 nitrogen and oxygen atoms in total. The van der Waals surface area contributed by atoms with Gasteiger partial charge in [-0.2, -0.15) is 0 Å². The van der Waals surface area contributed by atoms with Gasteiger partial charge in [0.1, 0.15) is 146 Å². The Labute approximate surface area is 378 Å². The van der Waals surface area contributed by atoms with E-state index in [2.05, 4.69) is 0 Å². The maximum Gasteiger partial charge on any atom is 0.187 e. The van der Waals surface area contributed by atoms with Crippen molar-refractivity contribution in [2.45, 2.75) is 184 Å². The van der Waals surface area contributed by atoms with Crippen LogP contribution in [-0.2, 0) is 52.1 Å². The zero-order valence-corrected chi connectivity index (χ0v) is 35.0. The summed E-state index contributed by atoms with van der Waals surface area (Å²) in [4.78, 5) is 0. The molecular formula is C36H62O31. The fraction of sp³-hybridized carbons (Fsp3) is 1.00. The third-order valence-electron chi connectivity index (χ3n) is 12.4. The molecule has 30 atom stereocenters. The predicted octanol–water partition coefficient (Wildman–Crippen LogP) is -14.1. The average Bonchev–Trinajstić information content (AvgIpc) is 3.32. The van der Waals surface area contributed by atoms with Crippen LogP contribution < -0.4 is 0 Å². The summed E-state index contributed by atoms with van der Waals surface area (Å²) in [5.41, 5.74) is 0. The van der Waals surface area contributed by atoms with Gasteiger partial charge in [0.2, 0.25) is 0 Å². The van der Waals surface area contributed by atoms with Gasteiger partial charge >= 0.3 is 0 Å². The topological polar surface area (TPSA) is 506 Å². The second-order valence-electron chi connectivity index (χ2n) is 16.8. The van der Waals surface area contributed by atoms with E-state index in [1.165, 1.54) is 0 Å². The van der Waals surface area contributed by atoms with Crippen LogP contribution in [0.2, 0.25) is 0 Å². The number of hydrogen-bond acceptors (Lipinski definition) is 31. The monoisotopic (exact) mass is 990 g/mol. The Kier molecular flexibility index (Phi) is 19.4. The van der Waals surface area contributed by atoms with E-state index < -0.39 is 224 Å². The highest BCUT2D eigenvalue weighted by atomic mass is 16.8. The van der Waals surface area contributed by atoms with Crippen LogP contribution in [0.15, 0.2) is 0 Å². The van der Waals surface area contributed by atoms with Gasteiger partial charge in [0.05, 0.1) is 39.6 Å². The minimum absolute atomic E-state index is 0.830. The summed E-state index contributed by atoms with van der Waals surface area (Å²) in [6.45, 7) is -5.67. The lowest BCUT2D eigenvalue weighted by atomic mass is 9.95. The molecule has 0 aromatic heterocycles. The molecule has 0 aromatic rings. The van der Waals surface area contributed by atoms with Gasteiger partial charge in [0, 0.05) is 0 Å². The van der Waals surface area contributed by atoms with Crippen molar-refractivity contribution >= 4 is 0 Å². The van der Waals surface area contributed by atoms with Crippen molar-refractivity contribution in [1.29, 1.82) is 0 Å². The molecular weight excluding hydrogens is 928 g/mol. The standard InChI is InChI=1S/C36H62O31/c37-1-7-13(43)14(44)21(51)32(58-7)64-27-9(3-39)60-34(23(53)16(27)46)66-29-11(5-41)62-36(25(55)18(29)48)67-30-12(6-42)61-35(24(54)19(30)49)65-28-10(4-40)59-33(22(52)17(28)47)63-26-8(2-38)57-31(56)20(50)15(26)45/h7-56H,1-6H2/t7?,8?,9?,10?,11?,12?,13-,14+,15-,16-,17-,18-,19-,20?,21?,22?,23?,24?,25?,26-,27-,28-,29-,30-,31?,32-,33-,34-,35-,36-/m1/s1. The quantitative estimate of drug-likeness (QED) is 0.0683. The molecule has 0 bridgehead atoms. The molecule has 67 heavy (non-hydrogen) atoms. The van der Waals surface area contributed by atoms with Gasteiger partial charge in [-0.25, -0.2) is 0 Å². The van der Waals surface area contributed by atoms with E-state index >= 15 is 0 Å². The molecule has 0 saturated carbocycles. The summed E-state index contributed by atoms with van der Waals surface area (Å²) in [7, 11) is 0. The average molecular weight is 991 g/mol. The highest BCUT2D eigenvalue weighted by molar-refractivity contribution is 5.00. The maximum atomic E-state index is 11.2. The van der Waals surface area contributed by atoms with Crippen molar-refractivity contribution in [1.82, 2.24) is 0 Å². The highest BCUT2D eigenvalue weighted by Gasteiger charge is 2.57. The van der Waals surface area contributed by atoms with Gasteiger partial charge in [-0.05, 0) is 0 Å². The number of ether oxygens (including phenoxy) is 11. The molecule has 13 unspecified atom stereocenters. The second kappa shape index (κ2) is 23.5. The van der Waals surface area contributed by atoms with Crippen LogP contribution in [-0.4, -0.2) is 326 Å². The van der Waals surface area contributed by atoms with E-state index in [9.17, 15) is 102 Å². The number of rotatable bonds is 16. The molecule has 6 aliphatic rings. The summed E-state index contributed by atoms with van der Waals surface area (Å²) in [6.07, 6.45) is -56.5. The van der Waals surface area contributed by atoms with Crippen molar-refractivity contribution in [2.24, 2.45) is 0 Å². The smallest absolute Gasteiger partial charge is 0.187 e. The molecule has 0 radical (unpaired) electrons. The normalized spacial score (nSPS) is 53.4. The van der Waals surface area contributed by atoms with Crippen LogP contribution in [0.4, 0.5) is 0 Å². The van der Waals surface area contributed by atoms with Crippen LogP contribution >= 0.6 is 0 Å². The summed E-state index contributed by atoms with van der Waals surface area (Å²) in [6, 6.07) is 0. The first-order valence-electron chi connectivity index (χ1n) is 21.1. The lowest BCUT2D eigenvalue weighted by Gasteiger charge is -2.49. The number of aliphatic hydroxyl groups excluding tert-OH is 20. The third kappa shape index (κ3) is 11.2. The minimum atomic E-state index is -2.18. The first-order valence-corrected chi connectivity index (χ1v) is 21.1. The zero-order valence-electron chi connectivity index (χ0n) is 35.0. The molecule has 20 N–H and O–H groups in total. The number of aliphatic hydroxyl groups is 20. The van der Waals surface area contributed by atoms with Crippen LogP contribution in [0.5, 0.6) is 0 Å². The summed E-state index contributed by atoms with van der Waals surface area (Å²) < 4.78 is 60.5. The first kappa shape index (κ1) is 55.1. The third-order valence-corrected chi connectivity index (χ3v) is 12.4. The molecule has 6 aliphatic heterocycles. The summed E-state index contributed by atoms with van der Waals surface area (Å²) >= 11 is 0. The lowest BCUT2D eigenvalue weighted by molar-refractivity contribution is -0.396. The van der Waals surface area contributed by atoms with E-state index in [0.717, 1.165) is 0 Å². The van der Waals surface area contributed by atoms with E-state index in [1.807, 2.05) is 0 Å². The highest BCUT2D eigenvalue weighted by Crippen LogP contribution is 2.36. The van der Waals surface area contributed by atoms with Gasteiger partial charge < -0.3 is 154 Å². The number of hydrogen-bond donors (Lipinski definition) is 20. The van der Waals surface area contributed by atoms with Gasteiger partial charge in [-0.15, -0.1) is 0 Å². The van der Waals surface area contributed by atoms with Crippen LogP contribution in [0.25, 0.3) is 0 Å². The van der Waals surface area contributed by atoms with Gasteiger partial charge in [-0.1, -0.05) is 0 Å². The largest absolute Gasteiger partial charge is 0.394 e. The summed E-state index contributed by atoms with van der Waals surface area (Å²) in [5, 5.41) is 209. The lowest BCUT2D eigenvalue weighted by Crippen LogP contribution is -2.68. The van der Waals surface area contributed by atoms with Crippen LogP contribution in [0.1, 0.15) is 0 Å². The molecule has 0 amide bonds. The molecule has 6 fully saturated rings. The zero-order chi connectivity index (χ0) is 49.3. The molecule has 0 aliphatic carbocycles. The first-order chi connectivity index (χ1) is 31.8. The summed E-state index contributed by atoms with van der Waals surface area (Å²) in [5.74, 6) is 0. The Hall–Kier alpha value is -1.24. The Morgan fingerprint density at radius 1 is 0.224 bits per heavy atom. The predicted molar refractivity (Wildman–Crippen MR) is 199 cm³/mol. The Balaban J connectivity index is 1.07. The SMILES string of the molecule is OCC1O[C@H](O[C@@H]2C(CO)O[C@H](O[C@@H]3C(CO)O[C@H](O[C@@H]4C(CO)O[C@H](O[C@@H]5C(CO)O[C@H](O[C@@H]6C(CO)OC(O)C(O)[C@H]6O)C(O)[C@H]5O)C(O)[C@H]4O)C(O)[C@H]3O)C(O)[C@H]2O)C(O)[C@@H](O)[C@@H]1O. The van der Waals surface area contributed by atoms with Crippen molar-refractivity contribution < 1.29 is 154 Å². The van der Waals surface area contributed by atoms with Crippen molar-refractivity contribution in [3.63, 3.8) is 0 Å². The molecule has 6 rings (SSSR count). The van der Waals surface area contributed by atoms with E-state index in [1.54, 1.807) is 0 Å². The van der Waals surface area contributed by atoms with Crippen molar-refractivity contribution in [3.8, 4) is 0 Å². The van der Waals surface area contributed by atoms with E-state index in [0.29, 0.717) is 0 Å². The molecule has 6 heterocycles. The fourth-order valence-corrected chi connectivity index (χ4v) is 8.52. The maximum absolute atomic E-state index is 11.2. The Morgan fingerprint density at radius 3 is 0.687 bits per heavy atom. The van der Waals surface area contributed by atoms with Crippen molar-refractivity contribution in [2.75, 3.05) is 39.6 Å². The second-order valence-corrected chi connectivity index (χ2v) is 16.8. The van der Waals surface area contributed by atoms with Gasteiger partial charge in [0.15, 0.2) is 37.7 Å². The molecule has 0 spiro atoms. The van der Waals surface area contributed by atoms with E-state index in [4.69, 9.17) is 52.1 Å². The molecule has 0 aromatic carbocycles. The van der Waals surface area contributed by atoms with Gasteiger partial charge in [0.25, 0.3) is 0 Å². The van der Waals surface area contributed by atoms with Crippen molar-refractivity contribution in [3.05, 3.63) is 0 Å². The molecule has 31 heteroatoms. The van der Waals surface area contributed by atoms with Gasteiger partial charge in [-0.3, -0.25) is 0 Å². The fourth-order valence-electron chi connectivity index (χ4n) is 8.52. The Bertz CT molecular complexity index is 1500. The Morgan fingerprint density at radius 2 is 0.433 bits per heavy atom. The molecule has 392 valence electrons. The molecule has 6 saturated heterocycles. The van der Waals surface area contributed by atoms with Crippen LogP contribution in [0.3, 0.4) is 0 Å².